The first kappa shape index (κ1) is 16.3. The molecule has 1 aromatic carbocycles. The molecular weight excluding hydrogens is 262 g/mol. The lowest BCUT2D eigenvalue weighted by molar-refractivity contribution is 0.106. The molecule has 2 atom stereocenters. The highest BCUT2D eigenvalue weighted by molar-refractivity contribution is 5.31. The van der Waals surface area contributed by atoms with Gasteiger partial charge in [0.1, 0.15) is 11.9 Å². The molecule has 0 aromatic heterocycles. The van der Waals surface area contributed by atoms with Crippen molar-refractivity contribution in [3.63, 3.8) is 0 Å². The fourth-order valence-electron chi connectivity index (χ4n) is 2.56. The van der Waals surface area contributed by atoms with Crippen LogP contribution in [-0.2, 0) is 10.2 Å². The molecule has 0 radical (unpaired) electrons. The molecule has 1 aliphatic heterocycles. The Morgan fingerprint density at radius 2 is 2.00 bits per heavy atom. The molecule has 1 N–H and O–H groups in total. The SMILES string of the molecule is C[C@@H](CNC[C@@H]1CCCO1)Oc1ccc(C(C)(C)C)cc1. The molecule has 0 aliphatic carbocycles. The van der Waals surface area contributed by atoms with E-state index in [1.54, 1.807) is 0 Å². The third kappa shape index (κ3) is 5.33. The van der Waals surface area contributed by atoms with Crippen molar-refractivity contribution in [3.8, 4) is 5.75 Å². The minimum atomic E-state index is 0.159. The predicted octanol–water partition coefficient (Wildman–Crippen LogP) is 3.52. The van der Waals surface area contributed by atoms with Crippen LogP contribution >= 0.6 is 0 Å². The molecule has 118 valence electrons. The maximum absolute atomic E-state index is 5.94. The van der Waals surface area contributed by atoms with Crippen LogP contribution in [0.15, 0.2) is 24.3 Å². The van der Waals surface area contributed by atoms with Gasteiger partial charge in [-0.25, -0.2) is 0 Å². The summed E-state index contributed by atoms with van der Waals surface area (Å²) >= 11 is 0. The quantitative estimate of drug-likeness (QED) is 0.870. The lowest BCUT2D eigenvalue weighted by Gasteiger charge is -2.20. The van der Waals surface area contributed by atoms with E-state index in [0.29, 0.717) is 6.10 Å². The summed E-state index contributed by atoms with van der Waals surface area (Å²) in [5.41, 5.74) is 1.52. The molecule has 0 unspecified atom stereocenters. The number of hydrogen-bond acceptors (Lipinski definition) is 3. The summed E-state index contributed by atoms with van der Waals surface area (Å²) < 4.78 is 11.5. The van der Waals surface area contributed by atoms with Gasteiger partial charge in [-0.2, -0.15) is 0 Å². The first-order valence-electron chi connectivity index (χ1n) is 8.04. The lowest BCUT2D eigenvalue weighted by atomic mass is 9.87. The average molecular weight is 291 g/mol. The third-order valence-corrected chi connectivity index (χ3v) is 3.89. The number of nitrogens with one attached hydrogen (secondary N) is 1. The summed E-state index contributed by atoms with van der Waals surface area (Å²) in [4.78, 5) is 0. The van der Waals surface area contributed by atoms with Gasteiger partial charge in [-0.05, 0) is 42.9 Å². The van der Waals surface area contributed by atoms with Gasteiger partial charge in [-0.1, -0.05) is 32.9 Å². The fourth-order valence-corrected chi connectivity index (χ4v) is 2.56. The van der Waals surface area contributed by atoms with Crippen LogP contribution < -0.4 is 10.1 Å². The highest BCUT2D eigenvalue weighted by atomic mass is 16.5. The van der Waals surface area contributed by atoms with E-state index in [1.807, 2.05) is 0 Å². The molecule has 0 saturated carbocycles. The predicted molar refractivity (Wildman–Crippen MR) is 87.1 cm³/mol. The second-order valence-corrected chi connectivity index (χ2v) is 7.00. The number of hydrogen-bond donors (Lipinski definition) is 1. The molecule has 2 rings (SSSR count). The monoisotopic (exact) mass is 291 g/mol. The second kappa shape index (κ2) is 7.28. The maximum atomic E-state index is 5.94. The van der Waals surface area contributed by atoms with Crippen molar-refractivity contribution in [1.29, 1.82) is 0 Å². The Kier molecular flexibility index (Phi) is 5.65. The summed E-state index contributed by atoms with van der Waals surface area (Å²) in [6.45, 7) is 11.5. The molecule has 0 amide bonds. The molecule has 21 heavy (non-hydrogen) atoms. The van der Waals surface area contributed by atoms with Crippen LogP contribution in [0.5, 0.6) is 5.75 Å². The Labute approximate surface area is 129 Å². The topological polar surface area (TPSA) is 30.5 Å². The van der Waals surface area contributed by atoms with Crippen molar-refractivity contribution in [2.75, 3.05) is 19.7 Å². The van der Waals surface area contributed by atoms with E-state index in [1.165, 1.54) is 18.4 Å². The van der Waals surface area contributed by atoms with Gasteiger partial charge in [0.15, 0.2) is 0 Å². The van der Waals surface area contributed by atoms with Crippen LogP contribution in [0.4, 0.5) is 0 Å². The van der Waals surface area contributed by atoms with Crippen molar-refractivity contribution in [2.24, 2.45) is 0 Å². The lowest BCUT2D eigenvalue weighted by Crippen LogP contribution is -2.34. The van der Waals surface area contributed by atoms with Crippen LogP contribution in [0, 0.1) is 0 Å². The summed E-state index contributed by atoms with van der Waals surface area (Å²) in [5.74, 6) is 0.939. The van der Waals surface area contributed by atoms with Crippen LogP contribution in [0.2, 0.25) is 0 Å². The normalized spacial score (nSPS) is 20.5. The molecule has 3 nitrogen and oxygen atoms in total. The molecule has 1 aliphatic rings. The highest BCUT2D eigenvalue weighted by Gasteiger charge is 2.16. The maximum Gasteiger partial charge on any atom is 0.119 e. The Balaban J connectivity index is 1.73. The van der Waals surface area contributed by atoms with Crippen LogP contribution in [0.3, 0.4) is 0 Å². The van der Waals surface area contributed by atoms with Gasteiger partial charge < -0.3 is 14.8 Å². The van der Waals surface area contributed by atoms with Gasteiger partial charge >= 0.3 is 0 Å². The van der Waals surface area contributed by atoms with Gasteiger partial charge in [0.05, 0.1) is 6.10 Å². The summed E-state index contributed by atoms with van der Waals surface area (Å²) in [6, 6.07) is 8.44. The molecule has 1 aromatic rings. The second-order valence-electron chi connectivity index (χ2n) is 7.00. The summed E-state index contributed by atoms with van der Waals surface area (Å²) in [6.07, 6.45) is 2.92. The molecule has 1 heterocycles. The van der Waals surface area contributed by atoms with E-state index in [9.17, 15) is 0 Å². The average Bonchev–Trinajstić information content (AvgIpc) is 2.91. The molecule has 3 heteroatoms. The van der Waals surface area contributed by atoms with Gasteiger partial charge in [0, 0.05) is 19.7 Å². The third-order valence-electron chi connectivity index (χ3n) is 3.89. The smallest absolute Gasteiger partial charge is 0.119 e. The standard InChI is InChI=1S/C18H29NO2/c1-14(12-19-13-17-6-5-11-20-17)21-16-9-7-15(8-10-16)18(2,3)4/h7-10,14,17,19H,5-6,11-13H2,1-4H3/t14-,17-/m0/s1. The number of rotatable bonds is 6. The fraction of sp³-hybridized carbons (Fsp3) is 0.667. The minimum Gasteiger partial charge on any atom is -0.489 e. The van der Waals surface area contributed by atoms with Crippen LogP contribution in [0.25, 0.3) is 0 Å². The molecule has 0 spiro atoms. The molecule has 1 saturated heterocycles. The highest BCUT2D eigenvalue weighted by Crippen LogP contribution is 2.24. The zero-order chi connectivity index (χ0) is 15.3. The van der Waals surface area contributed by atoms with E-state index >= 15 is 0 Å². The Bertz CT molecular complexity index is 416. The molecule has 0 bridgehead atoms. The van der Waals surface area contributed by atoms with E-state index < -0.39 is 0 Å². The van der Waals surface area contributed by atoms with E-state index in [2.05, 4.69) is 57.3 Å². The zero-order valence-electron chi connectivity index (χ0n) is 13.8. The molecular formula is C18H29NO2. The zero-order valence-corrected chi connectivity index (χ0v) is 13.8. The van der Waals surface area contributed by atoms with Crippen molar-refractivity contribution in [1.82, 2.24) is 5.32 Å². The molecule has 1 fully saturated rings. The minimum absolute atomic E-state index is 0.159. The Morgan fingerprint density at radius 1 is 1.29 bits per heavy atom. The summed E-state index contributed by atoms with van der Waals surface area (Å²) in [7, 11) is 0. The summed E-state index contributed by atoms with van der Waals surface area (Å²) in [5, 5.41) is 3.43. The first-order chi connectivity index (χ1) is 9.95. The van der Waals surface area contributed by atoms with Gasteiger partial charge in [0.2, 0.25) is 0 Å². The van der Waals surface area contributed by atoms with Crippen molar-refractivity contribution >= 4 is 0 Å². The number of ether oxygens (including phenoxy) is 2. The Hall–Kier alpha value is -1.06. The van der Waals surface area contributed by atoms with E-state index in [-0.39, 0.29) is 11.5 Å². The van der Waals surface area contributed by atoms with Crippen LogP contribution in [0.1, 0.15) is 46.1 Å². The van der Waals surface area contributed by atoms with Crippen LogP contribution in [-0.4, -0.2) is 31.9 Å². The van der Waals surface area contributed by atoms with Gasteiger partial charge in [-0.15, -0.1) is 0 Å². The van der Waals surface area contributed by atoms with Gasteiger partial charge in [-0.3, -0.25) is 0 Å². The van der Waals surface area contributed by atoms with Gasteiger partial charge in [0.25, 0.3) is 0 Å². The Morgan fingerprint density at radius 3 is 2.57 bits per heavy atom. The number of benzene rings is 1. The van der Waals surface area contributed by atoms with Crippen molar-refractivity contribution in [3.05, 3.63) is 29.8 Å². The van der Waals surface area contributed by atoms with E-state index in [4.69, 9.17) is 9.47 Å². The largest absolute Gasteiger partial charge is 0.489 e. The van der Waals surface area contributed by atoms with E-state index in [0.717, 1.165) is 25.4 Å². The van der Waals surface area contributed by atoms with Crippen molar-refractivity contribution < 1.29 is 9.47 Å². The van der Waals surface area contributed by atoms with Crippen molar-refractivity contribution in [2.45, 2.75) is 58.2 Å². The first-order valence-corrected chi connectivity index (χ1v) is 8.04.